The van der Waals surface area contributed by atoms with Gasteiger partial charge in [0, 0.05) is 44.5 Å². The maximum atomic E-state index is 11.6. The van der Waals surface area contributed by atoms with Crippen LogP contribution in [-0.2, 0) is 6.54 Å². The molecule has 0 spiro atoms. The number of carbonyl (C=O) groups excluding carboxylic acids is 1. The molecule has 0 aliphatic carbocycles. The zero-order valence-corrected chi connectivity index (χ0v) is 15.0. The Morgan fingerprint density at radius 3 is 2.62 bits per heavy atom. The van der Waals surface area contributed by atoms with Gasteiger partial charge in [-0.2, -0.15) is 0 Å². The molecule has 1 fully saturated rings. The Kier molecular flexibility index (Phi) is 5.96. The van der Waals surface area contributed by atoms with E-state index < -0.39 is 0 Å². The van der Waals surface area contributed by atoms with Crippen molar-refractivity contribution in [2.45, 2.75) is 25.4 Å². The van der Waals surface area contributed by atoms with Gasteiger partial charge in [0.15, 0.2) is 0 Å². The molecular weight excluding hydrogens is 328 g/mol. The van der Waals surface area contributed by atoms with Crippen LogP contribution in [0.5, 0.6) is 0 Å². The smallest absolute Gasteiger partial charge is 0.208 e. The molecule has 1 aromatic carbocycles. The van der Waals surface area contributed by atoms with Crippen LogP contribution < -0.4 is 4.90 Å². The molecule has 1 aliphatic rings. The van der Waals surface area contributed by atoms with Crippen molar-refractivity contribution in [3.8, 4) is 0 Å². The van der Waals surface area contributed by atoms with Gasteiger partial charge in [-0.25, -0.2) is 4.98 Å². The Morgan fingerprint density at radius 1 is 1.27 bits per heavy atom. The summed E-state index contributed by atoms with van der Waals surface area (Å²) in [5, 5.41) is 11.2. The first-order chi connectivity index (χ1) is 12.7. The molecule has 6 nitrogen and oxygen atoms in total. The number of carbonyl (C=O) groups is 1. The molecule has 6 heteroatoms. The lowest BCUT2D eigenvalue weighted by atomic mass is 10.0. The molecule has 136 valence electrons. The molecular formula is C20H24N4O2. The molecule has 3 rings (SSSR count). The third kappa shape index (κ3) is 4.46. The number of pyridine rings is 1. The van der Waals surface area contributed by atoms with Crippen molar-refractivity contribution in [3.05, 3.63) is 59.8 Å². The van der Waals surface area contributed by atoms with E-state index in [1.54, 1.807) is 6.07 Å². The number of oxime groups is 1. The Morgan fingerprint density at radius 2 is 2.00 bits per heavy atom. The first-order valence-corrected chi connectivity index (χ1v) is 8.84. The number of benzene rings is 1. The van der Waals surface area contributed by atoms with Crippen molar-refractivity contribution < 1.29 is 10.0 Å². The van der Waals surface area contributed by atoms with Crippen LogP contribution in [0.4, 0.5) is 5.82 Å². The Bertz CT molecular complexity index is 738. The number of anilines is 1. The van der Waals surface area contributed by atoms with Crippen molar-refractivity contribution in [2.75, 3.05) is 25.0 Å². The molecule has 2 aromatic rings. The first kappa shape index (κ1) is 18.1. The largest absolute Gasteiger partial charge is 0.411 e. The predicted molar refractivity (Wildman–Crippen MR) is 102 cm³/mol. The number of ketones is 1. The third-order valence-corrected chi connectivity index (χ3v) is 4.92. The van der Waals surface area contributed by atoms with E-state index in [0.717, 1.165) is 44.5 Å². The topological polar surface area (TPSA) is 69.0 Å². The number of piperidine rings is 1. The van der Waals surface area contributed by atoms with Gasteiger partial charge in [0.2, 0.25) is 5.78 Å². The van der Waals surface area contributed by atoms with Gasteiger partial charge < -0.3 is 10.1 Å². The molecule has 0 unspecified atom stereocenters. The minimum absolute atomic E-state index is 0.358. The van der Waals surface area contributed by atoms with E-state index in [1.165, 1.54) is 11.8 Å². The van der Waals surface area contributed by atoms with E-state index in [-0.39, 0.29) is 5.78 Å². The molecule has 0 radical (unpaired) electrons. The van der Waals surface area contributed by atoms with Gasteiger partial charge in [0.05, 0.1) is 0 Å². The van der Waals surface area contributed by atoms with Crippen molar-refractivity contribution in [1.29, 1.82) is 0 Å². The summed E-state index contributed by atoms with van der Waals surface area (Å²) >= 11 is 0. The molecule has 0 bridgehead atoms. The number of aromatic nitrogens is 1. The molecule has 1 aromatic heterocycles. The summed E-state index contributed by atoms with van der Waals surface area (Å²) in [4.78, 5) is 20.7. The van der Waals surface area contributed by atoms with Gasteiger partial charge in [0.25, 0.3) is 0 Å². The van der Waals surface area contributed by atoms with Crippen LogP contribution in [-0.4, -0.2) is 53.3 Å². The van der Waals surface area contributed by atoms with E-state index in [1.807, 2.05) is 12.1 Å². The number of nitrogens with zero attached hydrogens (tertiary/aromatic N) is 4. The molecule has 0 saturated carbocycles. The van der Waals surface area contributed by atoms with Crippen LogP contribution in [0, 0.1) is 0 Å². The maximum Gasteiger partial charge on any atom is 0.208 e. The van der Waals surface area contributed by atoms with E-state index in [9.17, 15) is 4.79 Å². The SMILES string of the molecule is CN(c1ccc(C(=O)C=NO)cn1)C1CCN(Cc2ccccc2)CC1. The molecule has 0 atom stereocenters. The monoisotopic (exact) mass is 352 g/mol. The number of hydrogen-bond donors (Lipinski definition) is 1. The zero-order valence-electron chi connectivity index (χ0n) is 15.0. The summed E-state index contributed by atoms with van der Waals surface area (Å²) in [5.74, 6) is 0.493. The Hall–Kier alpha value is -2.73. The minimum atomic E-state index is -0.358. The van der Waals surface area contributed by atoms with Crippen LogP contribution in [0.2, 0.25) is 0 Å². The zero-order chi connectivity index (χ0) is 18.4. The summed E-state index contributed by atoms with van der Waals surface area (Å²) in [6, 6.07) is 14.6. The second kappa shape index (κ2) is 8.58. The average Bonchev–Trinajstić information content (AvgIpc) is 2.69. The van der Waals surface area contributed by atoms with Crippen molar-refractivity contribution in [2.24, 2.45) is 5.16 Å². The standard InChI is InChI=1S/C20H24N4O2/c1-23(20-8-7-17(13-21-20)19(25)14-22-26)18-9-11-24(12-10-18)15-16-5-3-2-4-6-16/h2-8,13-14,18,26H,9-12,15H2,1H3. The second-order valence-electron chi connectivity index (χ2n) is 6.62. The molecule has 26 heavy (non-hydrogen) atoms. The van der Waals surface area contributed by atoms with Gasteiger partial charge in [-0.15, -0.1) is 0 Å². The highest BCUT2D eigenvalue weighted by molar-refractivity contribution is 6.35. The van der Waals surface area contributed by atoms with Crippen LogP contribution in [0.1, 0.15) is 28.8 Å². The highest BCUT2D eigenvalue weighted by atomic mass is 16.4. The number of hydrogen-bond acceptors (Lipinski definition) is 6. The summed E-state index contributed by atoms with van der Waals surface area (Å²) in [6.45, 7) is 3.12. The number of rotatable bonds is 6. The number of likely N-dealkylation sites (tertiary alicyclic amines) is 1. The van der Waals surface area contributed by atoms with Gasteiger partial charge >= 0.3 is 0 Å². The second-order valence-corrected chi connectivity index (χ2v) is 6.62. The molecule has 0 amide bonds. The quantitative estimate of drug-likeness (QED) is 0.375. The molecule has 1 N–H and O–H groups in total. The average molecular weight is 352 g/mol. The minimum Gasteiger partial charge on any atom is -0.411 e. The fraction of sp³-hybridized carbons (Fsp3) is 0.350. The first-order valence-electron chi connectivity index (χ1n) is 8.84. The van der Waals surface area contributed by atoms with E-state index in [2.05, 4.69) is 51.3 Å². The Balaban J connectivity index is 1.54. The van der Waals surface area contributed by atoms with E-state index in [4.69, 9.17) is 5.21 Å². The van der Waals surface area contributed by atoms with Crippen LogP contribution >= 0.6 is 0 Å². The lowest BCUT2D eigenvalue weighted by Gasteiger charge is -2.37. The predicted octanol–water partition coefficient (Wildman–Crippen LogP) is 2.83. The number of Topliss-reactive ketones (excluding diaryl/α,β-unsaturated/α-hetero) is 1. The molecule has 2 heterocycles. The Labute approximate surface area is 153 Å². The molecule has 1 aliphatic heterocycles. The van der Waals surface area contributed by atoms with Crippen molar-refractivity contribution in [3.63, 3.8) is 0 Å². The fourth-order valence-electron chi connectivity index (χ4n) is 3.36. The third-order valence-electron chi connectivity index (χ3n) is 4.92. The highest BCUT2D eigenvalue weighted by Crippen LogP contribution is 2.21. The van der Waals surface area contributed by atoms with E-state index >= 15 is 0 Å². The van der Waals surface area contributed by atoms with Gasteiger partial charge in [-0.1, -0.05) is 35.5 Å². The van der Waals surface area contributed by atoms with Crippen LogP contribution in [0.15, 0.2) is 53.8 Å². The van der Waals surface area contributed by atoms with Gasteiger partial charge in [-0.05, 0) is 30.5 Å². The summed E-state index contributed by atoms with van der Waals surface area (Å²) < 4.78 is 0. The summed E-state index contributed by atoms with van der Waals surface area (Å²) in [5.41, 5.74) is 1.77. The van der Waals surface area contributed by atoms with Crippen molar-refractivity contribution in [1.82, 2.24) is 9.88 Å². The van der Waals surface area contributed by atoms with Crippen molar-refractivity contribution >= 4 is 17.8 Å². The van der Waals surface area contributed by atoms with Crippen LogP contribution in [0.3, 0.4) is 0 Å². The molecule has 1 saturated heterocycles. The normalized spacial score (nSPS) is 16.0. The van der Waals surface area contributed by atoms with Crippen LogP contribution in [0.25, 0.3) is 0 Å². The summed E-state index contributed by atoms with van der Waals surface area (Å²) in [7, 11) is 2.05. The lowest BCUT2D eigenvalue weighted by Crippen LogP contribution is -2.43. The van der Waals surface area contributed by atoms with Gasteiger partial charge in [-0.3, -0.25) is 9.69 Å². The lowest BCUT2D eigenvalue weighted by molar-refractivity contribution is 0.106. The maximum absolute atomic E-state index is 11.6. The fourth-order valence-corrected chi connectivity index (χ4v) is 3.36. The highest BCUT2D eigenvalue weighted by Gasteiger charge is 2.23. The van der Waals surface area contributed by atoms with Gasteiger partial charge in [0.1, 0.15) is 12.0 Å². The van der Waals surface area contributed by atoms with E-state index in [0.29, 0.717) is 11.6 Å². The summed E-state index contributed by atoms with van der Waals surface area (Å²) in [6.07, 6.45) is 4.58.